The van der Waals surface area contributed by atoms with Crippen molar-refractivity contribution in [1.82, 2.24) is 0 Å². The number of nitrogens with one attached hydrogen (secondary N) is 1. The monoisotopic (exact) mass is 332 g/mol. The lowest BCUT2D eigenvalue weighted by molar-refractivity contribution is -0.115. The Bertz CT molecular complexity index is 630. The van der Waals surface area contributed by atoms with E-state index in [1.165, 1.54) is 0 Å². The Hall–Kier alpha value is -1.81. The van der Waals surface area contributed by atoms with Crippen molar-refractivity contribution in [2.45, 2.75) is 20.3 Å². The van der Waals surface area contributed by atoms with Gasteiger partial charge in [-0.15, -0.1) is 0 Å². The van der Waals surface area contributed by atoms with Crippen LogP contribution in [0.5, 0.6) is 0 Å². The van der Waals surface area contributed by atoms with Crippen LogP contribution in [0.25, 0.3) is 0 Å². The van der Waals surface area contributed by atoms with Crippen LogP contribution in [0.3, 0.4) is 0 Å². The fourth-order valence-electron chi connectivity index (χ4n) is 2.09. The molecule has 3 nitrogen and oxygen atoms in total. The van der Waals surface area contributed by atoms with Gasteiger partial charge in [0.1, 0.15) is 0 Å². The zero-order chi connectivity index (χ0) is 14.7. The van der Waals surface area contributed by atoms with E-state index in [2.05, 4.69) is 21.2 Å². The number of benzene rings is 2. The highest BCUT2D eigenvalue weighted by molar-refractivity contribution is 9.10. The molecule has 1 amide bonds. The van der Waals surface area contributed by atoms with Crippen molar-refractivity contribution in [3.05, 3.63) is 57.6 Å². The predicted molar refractivity (Wildman–Crippen MR) is 86.8 cm³/mol. The fraction of sp³-hybridized carbons (Fsp3) is 0.188. The van der Waals surface area contributed by atoms with E-state index in [4.69, 9.17) is 5.73 Å². The molecule has 0 aromatic heterocycles. The molecule has 4 heteroatoms. The third kappa shape index (κ3) is 3.39. The summed E-state index contributed by atoms with van der Waals surface area (Å²) in [6.45, 7) is 4.00. The SMILES string of the molecule is Cc1cc(NC(=O)Cc2ccccc2N)cc(C)c1Br. The quantitative estimate of drug-likeness (QED) is 0.839. The van der Waals surface area contributed by atoms with E-state index in [0.717, 1.165) is 26.9 Å². The van der Waals surface area contributed by atoms with Crippen molar-refractivity contribution in [2.75, 3.05) is 11.1 Å². The molecule has 0 aliphatic carbocycles. The summed E-state index contributed by atoms with van der Waals surface area (Å²) in [5.74, 6) is -0.0657. The maximum atomic E-state index is 12.1. The lowest BCUT2D eigenvalue weighted by Gasteiger charge is -2.10. The molecule has 0 bridgehead atoms. The second-order valence-corrected chi connectivity index (χ2v) is 5.64. The van der Waals surface area contributed by atoms with Crippen LogP contribution in [0.15, 0.2) is 40.9 Å². The molecule has 3 N–H and O–H groups in total. The fourth-order valence-corrected chi connectivity index (χ4v) is 2.32. The summed E-state index contributed by atoms with van der Waals surface area (Å²) in [4.78, 5) is 12.1. The van der Waals surface area contributed by atoms with E-state index in [-0.39, 0.29) is 12.3 Å². The number of carbonyl (C=O) groups is 1. The number of amides is 1. The number of anilines is 2. The third-order valence-electron chi connectivity index (χ3n) is 3.13. The van der Waals surface area contributed by atoms with E-state index in [0.29, 0.717) is 5.69 Å². The predicted octanol–water partition coefficient (Wildman–Crippen LogP) is 3.83. The summed E-state index contributed by atoms with van der Waals surface area (Å²) in [6, 6.07) is 11.3. The number of hydrogen-bond donors (Lipinski definition) is 2. The van der Waals surface area contributed by atoms with E-state index < -0.39 is 0 Å². The molecule has 0 aliphatic heterocycles. The van der Waals surface area contributed by atoms with E-state index >= 15 is 0 Å². The molecule has 0 spiro atoms. The maximum absolute atomic E-state index is 12.1. The molecule has 2 rings (SSSR count). The Labute approximate surface area is 127 Å². The summed E-state index contributed by atoms with van der Waals surface area (Å²) in [6.07, 6.45) is 0.279. The molecular weight excluding hydrogens is 316 g/mol. The highest BCUT2D eigenvalue weighted by atomic mass is 79.9. The van der Waals surface area contributed by atoms with Crippen LogP contribution in [-0.4, -0.2) is 5.91 Å². The normalized spacial score (nSPS) is 10.3. The highest BCUT2D eigenvalue weighted by Gasteiger charge is 2.08. The van der Waals surface area contributed by atoms with Gasteiger partial charge in [0.05, 0.1) is 6.42 Å². The van der Waals surface area contributed by atoms with Gasteiger partial charge in [0.15, 0.2) is 0 Å². The molecule has 2 aromatic carbocycles. The summed E-state index contributed by atoms with van der Waals surface area (Å²) in [5.41, 5.74) is 10.3. The minimum absolute atomic E-state index is 0.0657. The van der Waals surface area contributed by atoms with E-state index in [1.54, 1.807) is 6.07 Å². The van der Waals surface area contributed by atoms with Crippen LogP contribution in [0.4, 0.5) is 11.4 Å². The van der Waals surface area contributed by atoms with Gasteiger partial charge < -0.3 is 11.1 Å². The first-order chi connectivity index (χ1) is 9.47. The first kappa shape index (κ1) is 14.6. The van der Waals surface area contributed by atoms with Crippen molar-refractivity contribution >= 4 is 33.2 Å². The van der Waals surface area contributed by atoms with Gasteiger partial charge in [-0.05, 0) is 48.7 Å². The second kappa shape index (κ2) is 6.09. The van der Waals surface area contributed by atoms with Crippen molar-refractivity contribution in [3.8, 4) is 0 Å². The first-order valence-corrected chi connectivity index (χ1v) is 7.16. The summed E-state index contributed by atoms with van der Waals surface area (Å²) in [7, 11) is 0. The highest BCUT2D eigenvalue weighted by Crippen LogP contribution is 2.25. The lowest BCUT2D eigenvalue weighted by Crippen LogP contribution is -2.15. The van der Waals surface area contributed by atoms with Gasteiger partial charge in [-0.3, -0.25) is 4.79 Å². The van der Waals surface area contributed by atoms with Crippen molar-refractivity contribution in [1.29, 1.82) is 0 Å². The van der Waals surface area contributed by atoms with Crippen LogP contribution >= 0.6 is 15.9 Å². The number of aryl methyl sites for hydroxylation is 2. The molecule has 20 heavy (non-hydrogen) atoms. The molecule has 0 radical (unpaired) electrons. The number of rotatable bonds is 3. The van der Waals surface area contributed by atoms with E-state index in [1.807, 2.05) is 44.2 Å². The molecule has 0 unspecified atom stereocenters. The average molecular weight is 333 g/mol. The number of para-hydroxylation sites is 1. The second-order valence-electron chi connectivity index (χ2n) is 4.85. The third-order valence-corrected chi connectivity index (χ3v) is 4.38. The van der Waals surface area contributed by atoms with Gasteiger partial charge in [-0.2, -0.15) is 0 Å². The van der Waals surface area contributed by atoms with Gasteiger partial charge in [-0.1, -0.05) is 34.1 Å². The molecule has 104 valence electrons. The molecular formula is C16H17BrN2O. The van der Waals surface area contributed by atoms with Crippen LogP contribution < -0.4 is 11.1 Å². The number of nitrogens with two attached hydrogens (primary N) is 1. The van der Waals surface area contributed by atoms with Gasteiger partial charge in [-0.25, -0.2) is 0 Å². The van der Waals surface area contributed by atoms with Crippen molar-refractivity contribution in [2.24, 2.45) is 0 Å². The molecule has 0 saturated heterocycles. The van der Waals surface area contributed by atoms with Crippen molar-refractivity contribution in [3.63, 3.8) is 0 Å². The van der Waals surface area contributed by atoms with E-state index in [9.17, 15) is 4.79 Å². The Morgan fingerprint density at radius 2 is 1.80 bits per heavy atom. The summed E-state index contributed by atoms with van der Waals surface area (Å²) in [5, 5.41) is 2.91. The number of carbonyl (C=O) groups excluding carboxylic acids is 1. The molecule has 2 aromatic rings. The topological polar surface area (TPSA) is 55.1 Å². The van der Waals surface area contributed by atoms with Crippen molar-refractivity contribution < 1.29 is 4.79 Å². The molecule has 0 fully saturated rings. The molecule has 0 heterocycles. The molecule has 0 atom stereocenters. The average Bonchev–Trinajstić information content (AvgIpc) is 2.38. The zero-order valence-corrected chi connectivity index (χ0v) is 13.1. The number of halogens is 1. The Kier molecular flexibility index (Phi) is 4.45. The number of nitrogen functional groups attached to an aromatic ring is 1. The maximum Gasteiger partial charge on any atom is 0.228 e. The standard InChI is InChI=1S/C16H17BrN2O/c1-10-7-13(8-11(2)16(10)17)19-15(20)9-12-5-3-4-6-14(12)18/h3-8H,9,18H2,1-2H3,(H,19,20). The minimum atomic E-state index is -0.0657. The Morgan fingerprint density at radius 1 is 1.20 bits per heavy atom. The Balaban J connectivity index is 2.11. The number of hydrogen-bond acceptors (Lipinski definition) is 2. The summed E-state index contributed by atoms with van der Waals surface area (Å²) >= 11 is 3.51. The zero-order valence-electron chi connectivity index (χ0n) is 11.5. The summed E-state index contributed by atoms with van der Waals surface area (Å²) < 4.78 is 1.07. The van der Waals surface area contributed by atoms with Gasteiger partial charge in [0.2, 0.25) is 5.91 Å². The van der Waals surface area contributed by atoms with Gasteiger partial charge in [0, 0.05) is 15.8 Å². The van der Waals surface area contributed by atoms with Gasteiger partial charge in [0.25, 0.3) is 0 Å². The Morgan fingerprint density at radius 3 is 2.40 bits per heavy atom. The minimum Gasteiger partial charge on any atom is -0.398 e. The lowest BCUT2D eigenvalue weighted by atomic mass is 10.1. The molecule has 0 saturated carbocycles. The van der Waals surface area contributed by atoms with Crippen LogP contribution in [0.1, 0.15) is 16.7 Å². The van der Waals surface area contributed by atoms with Crippen LogP contribution in [0, 0.1) is 13.8 Å². The first-order valence-electron chi connectivity index (χ1n) is 6.37. The smallest absolute Gasteiger partial charge is 0.228 e. The van der Waals surface area contributed by atoms with Gasteiger partial charge >= 0.3 is 0 Å². The van der Waals surface area contributed by atoms with Crippen LogP contribution in [-0.2, 0) is 11.2 Å². The molecule has 0 aliphatic rings. The largest absolute Gasteiger partial charge is 0.398 e. The van der Waals surface area contributed by atoms with Crippen LogP contribution in [0.2, 0.25) is 0 Å².